The molecule has 0 radical (unpaired) electrons. The van der Waals surface area contributed by atoms with Gasteiger partial charge in [-0.15, -0.1) is 13.2 Å². The molecule has 0 heterocycles. The van der Waals surface area contributed by atoms with Crippen LogP contribution in [0.25, 0.3) is 0 Å². The van der Waals surface area contributed by atoms with Crippen molar-refractivity contribution in [1.29, 1.82) is 0 Å². The normalized spacial score (nSPS) is 6.73. The highest BCUT2D eigenvalue weighted by molar-refractivity contribution is 4.68. The van der Waals surface area contributed by atoms with Crippen LogP contribution in [0.15, 0.2) is 25.3 Å². The molecule has 0 aliphatic heterocycles. The van der Waals surface area contributed by atoms with Crippen molar-refractivity contribution in [3.8, 4) is 0 Å². The van der Waals surface area contributed by atoms with Crippen molar-refractivity contribution in [3.05, 3.63) is 25.3 Å². The van der Waals surface area contributed by atoms with Crippen LogP contribution in [0.2, 0.25) is 0 Å². The van der Waals surface area contributed by atoms with Gasteiger partial charge in [-0.1, -0.05) is 12.2 Å². The lowest BCUT2D eigenvalue weighted by molar-refractivity contribution is 0.194. The average molecular weight is 161 g/mol. The van der Waals surface area contributed by atoms with E-state index in [2.05, 4.69) is 17.9 Å². The number of ether oxygens (including phenoxy) is 2. The zero-order valence-corrected chi connectivity index (χ0v) is 7.51. The van der Waals surface area contributed by atoms with Crippen molar-refractivity contribution in [2.45, 2.75) is 0 Å². The molecule has 0 unspecified atom stereocenters. The van der Waals surface area contributed by atoms with Gasteiger partial charge >= 0.3 is 0 Å². The summed E-state index contributed by atoms with van der Waals surface area (Å²) < 4.78 is 9.15. The first kappa shape index (κ1) is 16.8. The summed E-state index contributed by atoms with van der Waals surface area (Å²) in [5.41, 5.74) is 0. The lowest BCUT2D eigenvalue weighted by Gasteiger charge is -1.89. The second kappa shape index (κ2) is 22.8. The first-order valence-corrected chi connectivity index (χ1v) is 3.03. The van der Waals surface area contributed by atoms with Gasteiger partial charge in [-0.3, -0.25) is 0 Å². The maximum atomic E-state index is 4.90. The van der Waals surface area contributed by atoms with E-state index in [4.69, 9.17) is 4.74 Å². The first-order valence-electron chi connectivity index (χ1n) is 3.03. The van der Waals surface area contributed by atoms with Gasteiger partial charge in [-0.2, -0.15) is 0 Å². The van der Waals surface area contributed by atoms with E-state index in [-0.39, 0.29) is 6.15 Å². The molecule has 0 aliphatic rings. The van der Waals surface area contributed by atoms with Gasteiger partial charge in [0.15, 0.2) is 0 Å². The van der Waals surface area contributed by atoms with Crippen LogP contribution in [-0.4, -0.2) is 27.4 Å². The van der Waals surface area contributed by atoms with E-state index in [9.17, 15) is 0 Å². The SMILES string of the molecule is C=CCOCC=C.COC.N. The molecule has 11 heavy (non-hydrogen) atoms. The monoisotopic (exact) mass is 161 g/mol. The van der Waals surface area contributed by atoms with Gasteiger partial charge in [-0.25, -0.2) is 0 Å². The lowest BCUT2D eigenvalue weighted by Crippen LogP contribution is -1.87. The Morgan fingerprint density at radius 2 is 1.36 bits per heavy atom. The van der Waals surface area contributed by atoms with Crippen LogP contribution in [0.3, 0.4) is 0 Å². The third kappa shape index (κ3) is 44.9. The van der Waals surface area contributed by atoms with Crippen molar-refractivity contribution >= 4 is 0 Å². The average Bonchev–Trinajstić information content (AvgIpc) is 1.91. The van der Waals surface area contributed by atoms with Crippen molar-refractivity contribution in [3.63, 3.8) is 0 Å². The van der Waals surface area contributed by atoms with E-state index in [1.54, 1.807) is 26.4 Å². The second-order valence-corrected chi connectivity index (χ2v) is 1.52. The minimum absolute atomic E-state index is 0. The van der Waals surface area contributed by atoms with Crippen molar-refractivity contribution in [1.82, 2.24) is 6.15 Å². The third-order valence-corrected chi connectivity index (χ3v) is 0.471. The molecule has 0 amide bonds. The Morgan fingerprint density at radius 3 is 1.55 bits per heavy atom. The fourth-order valence-electron chi connectivity index (χ4n) is 0.235. The van der Waals surface area contributed by atoms with E-state index in [1.165, 1.54) is 0 Å². The fraction of sp³-hybridized carbons (Fsp3) is 0.500. The Kier molecular flexibility index (Phi) is 34.7. The summed E-state index contributed by atoms with van der Waals surface area (Å²) in [6.07, 6.45) is 3.42. The van der Waals surface area contributed by atoms with Crippen LogP contribution in [0, 0.1) is 0 Å². The molecule has 0 rings (SSSR count). The molecule has 3 heteroatoms. The molecular weight excluding hydrogens is 142 g/mol. The highest BCUT2D eigenvalue weighted by Crippen LogP contribution is 1.72. The van der Waals surface area contributed by atoms with Gasteiger partial charge in [0.2, 0.25) is 0 Å². The van der Waals surface area contributed by atoms with Crippen molar-refractivity contribution < 1.29 is 9.47 Å². The number of hydrogen-bond acceptors (Lipinski definition) is 3. The van der Waals surface area contributed by atoms with E-state index >= 15 is 0 Å². The van der Waals surface area contributed by atoms with Gasteiger partial charge in [0, 0.05) is 14.2 Å². The highest BCUT2D eigenvalue weighted by atomic mass is 16.5. The second-order valence-electron chi connectivity index (χ2n) is 1.52. The molecule has 0 fully saturated rings. The number of hydrogen-bond donors (Lipinski definition) is 1. The highest BCUT2D eigenvalue weighted by Gasteiger charge is 1.70. The van der Waals surface area contributed by atoms with E-state index < -0.39 is 0 Å². The molecule has 0 aromatic rings. The zero-order valence-electron chi connectivity index (χ0n) is 7.51. The molecule has 0 aromatic heterocycles. The molecule has 0 aromatic carbocycles. The molecule has 3 N–H and O–H groups in total. The summed E-state index contributed by atoms with van der Waals surface area (Å²) in [6, 6.07) is 0. The number of methoxy groups -OCH3 is 1. The fourth-order valence-corrected chi connectivity index (χ4v) is 0.235. The summed E-state index contributed by atoms with van der Waals surface area (Å²) >= 11 is 0. The van der Waals surface area contributed by atoms with Crippen LogP contribution < -0.4 is 6.15 Å². The van der Waals surface area contributed by atoms with Crippen molar-refractivity contribution in [2.75, 3.05) is 27.4 Å². The Hall–Kier alpha value is -0.640. The standard InChI is InChI=1S/C6H10O.C2H6O.H3N/c1-3-5-7-6-4-2;1-3-2;/h3-4H,1-2,5-6H2;1-2H3;1H3. The van der Waals surface area contributed by atoms with Crippen LogP contribution in [-0.2, 0) is 9.47 Å². The summed E-state index contributed by atoms with van der Waals surface area (Å²) in [5, 5.41) is 0. The predicted molar refractivity (Wildman–Crippen MR) is 49.2 cm³/mol. The minimum Gasteiger partial charge on any atom is -0.388 e. The van der Waals surface area contributed by atoms with Gasteiger partial charge in [0.25, 0.3) is 0 Å². The van der Waals surface area contributed by atoms with Crippen LogP contribution in [0.1, 0.15) is 0 Å². The van der Waals surface area contributed by atoms with Crippen LogP contribution in [0.4, 0.5) is 0 Å². The van der Waals surface area contributed by atoms with Crippen LogP contribution >= 0.6 is 0 Å². The molecule has 0 saturated carbocycles. The summed E-state index contributed by atoms with van der Waals surface area (Å²) in [6.45, 7) is 8.18. The van der Waals surface area contributed by atoms with Crippen molar-refractivity contribution in [2.24, 2.45) is 0 Å². The molecule has 0 atom stereocenters. The predicted octanol–water partition coefficient (Wildman–Crippen LogP) is 1.80. The van der Waals surface area contributed by atoms with E-state index in [1.807, 2.05) is 0 Å². The topological polar surface area (TPSA) is 53.5 Å². The summed E-state index contributed by atoms with van der Waals surface area (Å²) in [5.74, 6) is 0. The Morgan fingerprint density at radius 1 is 1.09 bits per heavy atom. The van der Waals surface area contributed by atoms with Crippen LogP contribution in [0.5, 0.6) is 0 Å². The van der Waals surface area contributed by atoms with Gasteiger partial charge < -0.3 is 15.6 Å². The maximum absolute atomic E-state index is 4.90. The number of rotatable bonds is 4. The lowest BCUT2D eigenvalue weighted by atomic mass is 10.6. The third-order valence-electron chi connectivity index (χ3n) is 0.471. The maximum Gasteiger partial charge on any atom is 0.0649 e. The summed E-state index contributed by atoms with van der Waals surface area (Å²) in [7, 11) is 3.25. The van der Waals surface area contributed by atoms with Gasteiger partial charge in [-0.05, 0) is 0 Å². The molecule has 0 saturated heterocycles. The Bertz CT molecular complexity index is 66.5. The van der Waals surface area contributed by atoms with Gasteiger partial charge in [0.05, 0.1) is 13.2 Å². The summed E-state index contributed by atoms with van der Waals surface area (Å²) in [4.78, 5) is 0. The smallest absolute Gasteiger partial charge is 0.0649 e. The zero-order chi connectivity index (χ0) is 8.24. The molecule has 0 aliphatic carbocycles. The molecule has 0 bridgehead atoms. The largest absolute Gasteiger partial charge is 0.388 e. The first-order chi connectivity index (χ1) is 4.83. The molecule has 0 spiro atoms. The molecule has 68 valence electrons. The molecular formula is C8H19NO2. The van der Waals surface area contributed by atoms with Gasteiger partial charge in [0.1, 0.15) is 0 Å². The Balaban J connectivity index is -0.000000140. The quantitative estimate of drug-likeness (QED) is 0.505. The molecule has 3 nitrogen and oxygen atoms in total. The van der Waals surface area contributed by atoms with E-state index in [0.717, 1.165) is 0 Å². The minimum atomic E-state index is 0. The van der Waals surface area contributed by atoms with E-state index in [0.29, 0.717) is 13.2 Å². The Labute approximate surface area is 69.3 Å².